The van der Waals surface area contributed by atoms with Crippen molar-refractivity contribution in [3.8, 4) is 11.1 Å². The predicted octanol–water partition coefficient (Wildman–Crippen LogP) is 4.66. The lowest BCUT2D eigenvalue weighted by molar-refractivity contribution is -0.109. The lowest BCUT2D eigenvalue weighted by Gasteiger charge is -2.24. The number of hydrogen-bond donors (Lipinski definition) is 0. The monoisotopic (exact) mass is 282 g/mol. The molecule has 0 fully saturated rings. The molecule has 0 amide bonds. The molecule has 2 heteroatoms. The van der Waals surface area contributed by atoms with E-state index in [0.717, 1.165) is 18.3 Å². The van der Waals surface area contributed by atoms with Crippen LogP contribution in [0.4, 0.5) is 0 Å². The Labute approximate surface area is 126 Å². The molecule has 2 aromatic carbocycles. The zero-order valence-electron chi connectivity index (χ0n) is 12.7. The Kier molecular flexibility index (Phi) is 5.70. The van der Waals surface area contributed by atoms with Crippen LogP contribution < -0.4 is 0 Å². The van der Waals surface area contributed by atoms with Crippen LogP contribution in [0.2, 0.25) is 0 Å². The second kappa shape index (κ2) is 7.75. The van der Waals surface area contributed by atoms with E-state index in [1.54, 1.807) is 7.11 Å². The second-order valence-electron chi connectivity index (χ2n) is 5.22. The fourth-order valence-electron chi connectivity index (χ4n) is 2.72. The summed E-state index contributed by atoms with van der Waals surface area (Å²) in [5, 5.41) is 0. The third-order valence-electron chi connectivity index (χ3n) is 3.95. The van der Waals surface area contributed by atoms with Crippen LogP contribution in [-0.2, 0) is 9.53 Å². The molecule has 2 unspecified atom stereocenters. The van der Waals surface area contributed by atoms with E-state index in [-0.39, 0.29) is 12.0 Å². The van der Waals surface area contributed by atoms with E-state index in [4.69, 9.17) is 4.74 Å². The average molecular weight is 282 g/mol. The van der Waals surface area contributed by atoms with E-state index in [9.17, 15) is 4.79 Å². The van der Waals surface area contributed by atoms with Gasteiger partial charge in [-0.25, -0.2) is 0 Å². The molecule has 21 heavy (non-hydrogen) atoms. The smallest absolute Gasteiger partial charge is 0.120 e. The van der Waals surface area contributed by atoms with Gasteiger partial charge in [-0.2, -0.15) is 0 Å². The van der Waals surface area contributed by atoms with Gasteiger partial charge in [0, 0.05) is 13.5 Å². The molecule has 0 aliphatic heterocycles. The summed E-state index contributed by atoms with van der Waals surface area (Å²) in [6, 6.07) is 18.7. The SMILES string of the molecule is CCC(CC=O)C(OC)c1ccc(-c2ccccc2)cc1. The first-order valence-electron chi connectivity index (χ1n) is 7.42. The Morgan fingerprint density at radius 2 is 1.62 bits per heavy atom. The number of ether oxygens (including phenoxy) is 1. The standard InChI is InChI=1S/C19H22O2/c1-3-15(13-14-20)19(21-2)18-11-9-17(10-12-18)16-7-5-4-6-8-16/h4-12,14-15,19H,3,13H2,1-2H3. The van der Waals surface area contributed by atoms with Crippen LogP contribution >= 0.6 is 0 Å². The van der Waals surface area contributed by atoms with Crippen LogP contribution in [0.25, 0.3) is 11.1 Å². The molecule has 0 aliphatic carbocycles. The summed E-state index contributed by atoms with van der Waals surface area (Å²) >= 11 is 0. The fraction of sp³-hybridized carbons (Fsp3) is 0.316. The van der Waals surface area contributed by atoms with E-state index in [1.807, 2.05) is 18.2 Å². The Balaban J connectivity index is 2.22. The zero-order valence-corrected chi connectivity index (χ0v) is 12.7. The van der Waals surface area contributed by atoms with Crippen molar-refractivity contribution < 1.29 is 9.53 Å². The van der Waals surface area contributed by atoms with Gasteiger partial charge in [0.1, 0.15) is 6.29 Å². The molecule has 0 aliphatic rings. The number of benzene rings is 2. The van der Waals surface area contributed by atoms with Crippen molar-refractivity contribution in [1.82, 2.24) is 0 Å². The summed E-state index contributed by atoms with van der Waals surface area (Å²) in [5.41, 5.74) is 3.53. The fourth-order valence-corrected chi connectivity index (χ4v) is 2.72. The van der Waals surface area contributed by atoms with Crippen LogP contribution in [0.3, 0.4) is 0 Å². The number of rotatable bonds is 7. The normalized spacial score (nSPS) is 13.6. The maximum Gasteiger partial charge on any atom is 0.120 e. The minimum absolute atomic E-state index is 0.0231. The molecule has 0 saturated heterocycles. The number of aldehydes is 1. The van der Waals surface area contributed by atoms with Gasteiger partial charge in [0.25, 0.3) is 0 Å². The number of methoxy groups -OCH3 is 1. The summed E-state index contributed by atoms with van der Waals surface area (Å²) in [7, 11) is 1.71. The molecule has 0 aromatic heterocycles. The topological polar surface area (TPSA) is 26.3 Å². The number of carbonyl (C=O) groups is 1. The van der Waals surface area contributed by atoms with Gasteiger partial charge in [0.2, 0.25) is 0 Å². The van der Waals surface area contributed by atoms with E-state index in [0.29, 0.717) is 6.42 Å². The predicted molar refractivity (Wildman–Crippen MR) is 86.1 cm³/mol. The first-order valence-corrected chi connectivity index (χ1v) is 7.42. The van der Waals surface area contributed by atoms with E-state index in [2.05, 4.69) is 43.3 Å². The van der Waals surface area contributed by atoms with E-state index in [1.165, 1.54) is 11.1 Å². The Hall–Kier alpha value is -1.93. The number of carbonyl (C=O) groups excluding carboxylic acids is 1. The van der Waals surface area contributed by atoms with Crippen LogP contribution in [0.1, 0.15) is 31.4 Å². The van der Waals surface area contributed by atoms with Gasteiger partial charge in [-0.1, -0.05) is 67.9 Å². The Morgan fingerprint density at radius 3 is 2.14 bits per heavy atom. The summed E-state index contributed by atoms with van der Waals surface area (Å²) in [6.07, 6.45) is 2.43. The highest BCUT2D eigenvalue weighted by Gasteiger charge is 2.21. The van der Waals surface area contributed by atoms with Crippen molar-refractivity contribution in [3.63, 3.8) is 0 Å². The minimum atomic E-state index is -0.0231. The van der Waals surface area contributed by atoms with Crippen molar-refractivity contribution >= 4 is 6.29 Å². The largest absolute Gasteiger partial charge is 0.376 e. The summed E-state index contributed by atoms with van der Waals surface area (Å²) < 4.78 is 5.63. The highest BCUT2D eigenvalue weighted by Crippen LogP contribution is 2.31. The molecule has 0 radical (unpaired) electrons. The molecule has 2 atom stereocenters. The summed E-state index contributed by atoms with van der Waals surface area (Å²) in [5.74, 6) is 0.232. The van der Waals surface area contributed by atoms with Gasteiger partial charge in [0.15, 0.2) is 0 Å². The van der Waals surface area contributed by atoms with Crippen LogP contribution in [-0.4, -0.2) is 13.4 Å². The van der Waals surface area contributed by atoms with Crippen LogP contribution in [0, 0.1) is 5.92 Å². The van der Waals surface area contributed by atoms with Crippen LogP contribution in [0.5, 0.6) is 0 Å². The van der Waals surface area contributed by atoms with Crippen molar-refractivity contribution in [3.05, 3.63) is 60.2 Å². The Morgan fingerprint density at radius 1 is 1.00 bits per heavy atom. The molecule has 0 N–H and O–H groups in total. The molecule has 0 bridgehead atoms. The van der Waals surface area contributed by atoms with Gasteiger partial charge in [-0.05, 0) is 22.6 Å². The summed E-state index contributed by atoms with van der Waals surface area (Å²) in [4.78, 5) is 10.8. The molecule has 2 rings (SSSR count). The summed E-state index contributed by atoms with van der Waals surface area (Å²) in [6.45, 7) is 2.10. The highest BCUT2D eigenvalue weighted by atomic mass is 16.5. The van der Waals surface area contributed by atoms with E-state index < -0.39 is 0 Å². The maximum atomic E-state index is 10.8. The first kappa shape index (κ1) is 15.5. The highest BCUT2D eigenvalue weighted by molar-refractivity contribution is 5.63. The van der Waals surface area contributed by atoms with Gasteiger partial charge in [0.05, 0.1) is 6.10 Å². The lowest BCUT2D eigenvalue weighted by Crippen LogP contribution is -2.15. The minimum Gasteiger partial charge on any atom is -0.376 e. The lowest BCUT2D eigenvalue weighted by atomic mass is 9.90. The first-order chi connectivity index (χ1) is 10.3. The third-order valence-corrected chi connectivity index (χ3v) is 3.95. The quantitative estimate of drug-likeness (QED) is 0.691. The van der Waals surface area contributed by atoms with Crippen LogP contribution in [0.15, 0.2) is 54.6 Å². The van der Waals surface area contributed by atoms with Crippen molar-refractivity contribution in [1.29, 1.82) is 0 Å². The molecular weight excluding hydrogens is 260 g/mol. The van der Waals surface area contributed by atoms with E-state index >= 15 is 0 Å². The number of hydrogen-bond acceptors (Lipinski definition) is 2. The second-order valence-corrected chi connectivity index (χ2v) is 5.22. The molecule has 2 aromatic rings. The molecule has 0 heterocycles. The molecule has 110 valence electrons. The van der Waals surface area contributed by atoms with Gasteiger partial charge in [-0.15, -0.1) is 0 Å². The molecular formula is C19H22O2. The van der Waals surface area contributed by atoms with Gasteiger partial charge < -0.3 is 9.53 Å². The van der Waals surface area contributed by atoms with Crippen molar-refractivity contribution in [2.45, 2.75) is 25.9 Å². The van der Waals surface area contributed by atoms with Gasteiger partial charge >= 0.3 is 0 Å². The average Bonchev–Trinajstić information content (AvgIpc) is 2.56. The zero-order chi connectivity index (χ0) is 15.1. The van der Waals surface area contributed by atoms with Gasteiger partial charge in [-0.3, -0.25) is 0 Å². The van der Waals surface area contributed by atoms with Crippen molar-refractivity contribution in [2.24, 2.45) is 5.92 Å². The Bertz CT molecular complexity index is 546. The third kappa shape index (κ3) is 3.79. The molecule has 0 spiro atoms. The molecule has 2 nitrogen and oxygen atoms in total. The van der Waals surface area contributed by atoms with Crippen molar-refractivity contribution in [2.75, 3.05) is 7.11 Å². The maximum absolute atomic E-state index is 10.8. The molecule has 0 saturated carbocycles.